The first-order valence-electron chi connectivity index (χ1n) is 9.08. The van der Waals surface area contributed by atoms with Crippen LogP contribution in [0.3, 0.4) is 0 Å². The predicted molar refractivity (Wildman–Crippen MR) is 94.5 cm³/mol. The van der Waals surface area contributed by atoms with Crippen molar-refractivity contribution < 1.29 is 22.8 Å². The number of halogens is 3. The zero-order chi connectivity index (χ0) is 19.7. The summed E-state index contributed by atoms with van der Waals surface area (Å²) in [4.78, 5) is 26.1. The van der Waals surface area contributed by atoms with E-state index in [1.54, 1.807) is 12.1 Å². The molecule has 1 unspecified atom stereocenters. The fourth-order valence-corrected chi connectivity index (χ4v) is 3.89. The van der Waals surface area contributed by atoms with E-state index < -0.39 is 11.7 Å². The van der Waals surface area contributed by atoms with Crippen molar-refractivity contribution in [2.45, 2.75) is 38.4 Å². The van der Waals surface area contributed by atoms with Crippen molar-refractivity contribution in [2.75, 3.05) is 13.1 Å². The molecule has 1 aliphatic carbocycles. The summed E-state index contributed by atoms with van der Waals surface area (Å²) < 4.78 is 38.3. The Morgan fingerprint density at radius 1 is 1.30 bits per heavy atom. The smallest absolute Gasteiger partial charge is 0.352 e. The topological polar surface area (TPSA) is 49.4 Å². The van der Waals surface area contributed by atoms with Crippen molar-refractivity contribution >= 4 is 11.8 Å². The van der Waals surface area contributed by atoms with Crippen LogP contribution in [-0.4, -0.2) is 29.8 Å². The van der Waals surface area contributed by atoms with Gasteiger partial charge in [0.15, 0.2) is 0 Å². The van der Waals surface area contributed by atoms with Gasteiger partial charge < -0.3 is 10.2 Å². The number of alkyl halides is 3. The number of hydrogen-bond acceptors (Lipinski definition) is 2. The summed E-state index contributed by atoms with van der Waals surface area (Å²) in [5.74, 6) is -0.163. The van der Waals surface area contributed by atoms with Gasteiger partial charge in [0.2, 0.25) is 11.8 Å². The Morgan fingerprint density at radius 3 is 2.63 bits per heavy atom. The number of rotatable bonds is 5. The second kappa shape index (κ2) is 7.37. The van der Waals surface area contributed by atoms with Crippen LogP contribution in [0.5, 0.6) is 0 Å². The zero-order valence-corrected chi connectivity index (χ0v) is 15.0. The summed E-state index contributed by atoms with van der Waals surface area (Å²) in [6.07, 6.45) is -0.112. The van der Waals surface area contributed by atoms with E-state index in [-0.39, 0.29) is 29.7 Å². The second-order valence-corrected chi connectivity index (χ2v) is 7.41. The summed E-state index contributed by atoms with van der Waals surface area (Å²) in [5, 5.41) is 2.77. The predicted octanol–water partition coefficient (Wildman–Crippen LogP) is 3.53. The van der Waals surface area contributed by atoms with E-state index in [4.69, 9.17) is 0 Å². The first kappa shape index (κ1) is 19.5. The van der Waals surface area contributed by atoms with Gasteiger partial charge in [-0.05, 0) is 42.4 Å². The number of carbonyl (C=O) groups is 2. The molecule has 146 valence electrons. The first-order chi connectivity index (χ1) is 12.7. The molecule has 0 bridgehead atoms. The number of piperidine rings is 1. The number of carbonyl (C=O) groups excluding carboxylic acids is 2. The molecule has 2 amide bonds. The molecule has 0 radical (unpaired) electrons. The molecule has 2 fully saturated rings. The number of likely N-dealkylation sites (tertiary alicyclic amines) is 1. The van der Waals surface area contributed by atoms with Crippen LogP contribution in [-0.2, 0) is 22.3 Å². The minimum Gasteiger partial charge on any atom is -0.352 e. The quantitative estimate of drug-likeness (QED) is 0.795. The molecular formula is C20H23F3N2O2. The highest BCUT2D eigenvalue weighted by Gasteiger charge is 2.58. The molecule has 1 spiro atoms. The maximum absolute atomic E-state index is 12.8. The molecule has 1 N–H and O–H groups in total. The number of benzene rings is 1. The van der Waals surface area contributed by atoms with Crippen molar-refractivity contribution in [3.63, 3.8) is 0 Å². The van der Waals surface area contributed by atoms with E-state index in [2.05, 4.69) is 11.9 Å². The summed E-state index contributed by atoms with van der Waals surface area (Å²) >= 11 is 0. The molecule has 1 heterocycles. The molecule has 1 atom stereocenters. The molecular weight excluding hydrogens is 357 g/mol. The summed E-state index contributed by atoms with van der Waals surface area (Å²) in [7, 11) is 0. The van der Waals surface area contributed by atoms with Crippen molar-refractivity contribution in [2.24, 2.45) is 11.3 Å². The fourth-order valence-electron chi connectivity index (χ4n) is 3.89. The van der Waals surface area contributed by atoms with Crippen LogP contribution in [0.15, 0.2) is 36.9 Å². The van der Waals surface area contributed by atoms with Gasteiger partial charge in [-0.15, -0.1) is 6.58 Å². The third-order valence-corrected chi connectivity index (χ3v) is 5.66. The average Bonchev–Trinajstić information content (AvgIpc) is 3.33. The lowest BCUT2D eigenvalue weighted by Crippen LogP contribution is -2.40. The molecule has 2 aliphatic rings. The lowest BCUT2D eigenvalue weighted by atomic mass is 9.90. The second-order valence-electron chi connectivity index (χ2n) is 7.41. The third kappa shape index (κ3) is 4.34. The van der Waals surface area contributed by atoms with Crippen molar-refractivity contribution in [1.82, 2.24) is 10.2 Å². The summed E-state index contributed by atoms with van der Waals surface area (Å²) in [6.45, 7) is 4.94. The summed E-state index contributed by atoms with van der Waals surface area (Å²) in [5.41, 5.74) is -0.338. The van der Waals surface area contributed by atoms with Gasteiger partial charge in [-0.1, -0.05) is 18.2 Å². The molecule has 3 rings (SSSR count). The highest BCUT2D eigenvalue weighted by atomic mass is 19.4. The minimum atomic E-state index is -4.39. The Bertz CT molecular complexity index is 737. The number of amides is 2. The Hall–Kier alpha value is -2.31. The highest BCUT2D eigenvalue weighted by molar-refractivity contribution is 5.83. The Morgan fingerprint density at radius 2 is 2.00 bits per heavy atom. The number of hydrogen-bond donors (Lipinski definition) is 1. The standard InChI is InChI=1S/C20H23F3N2O2/c1-2-4-17(26)25-9-7-19(8-10-25)12-16(19)18(27)24-13-14-5-3-6-15(11-14)20(21,22)23/h2-3,5-6,11,16H,1,4,7-10,12-13H2,(H,24,27). The normalized spacial score (nSPS) is 21.0. The fraction of sp³-hybridized carbons (Fsp3) is 0.500. The molecule has 7 heteroatoms. The van der Waals surface area contributed by atoms with Crippen molar-refractivity contribution in [3.8, 4) is 0 Å². The van der Waals surface area contributed by atoms with E-state index in [0.29, 0.717) is 25.1 Å². The van der Waals surface area contributed by atoms with E-state index in [1.807, 2.05) is 4.90 Å². The maximum atomic E-state index is 12.8. The van der Waals surface area contributed by atoms with Crippen LogP contribution >= 0.6 is 0 Å². The molecule has 1 saturated carbocycles. The Balaban J connectivity index is 1.50. The minimum absolute atomic E-state index is 0.0527. The van der Waals surface area contributed by atoms with Gasteiger partial charge in [-0.3, -0.25) is 9.59 Å². The molecule has 1 aromatic rings. The number of nitrogens with one attached hydrogen (secondary N) is 1. The lowest BCUT2D eigenvalue weighted by molar-refractivity contribution is -0.137. The first-order valence-corrected chi connectivity index (χ1v) is 9.08. The van der Waals surface area contributed by atoms with Gasteiger partial charge in [0.05, 0.1) is 5.56 Å². The molecule has 1 aliphatic heterocycles. The molecule has 27 heavy (non-hydrogen) atoms. The molecule has 1 aromatic carbocycles. The van der Waals surface area contributed by atoms with Gasteiger partial charge in [-0.25, -0.2) is 0 Å². The van der Waals surface area contributed by atoms with E-state index in [0.717, 1.165) is 31.4 Å². The van der Waals surface area contributed by atoms with Gasteiger partial charge in [0.1, 0.15) is 0 Å². The maximum Gasteiger partial charge on any atom is 0.416 e. The lowest BCUT2D eigenvalue weighted by Gasteiger charge is -2.32. The largest absolute Gasteiger partial charge is 0.416 e. The van der Waals surface area contributed by atoms with Crippen molar-refractivity contribution in [1.29, 1.82) is 0 Å². The highest BCUT2D eigenvalue weighted by Crippen LogP contribution is 2.59. The van der Waals surface area contributed by atoms with Crippen LogP contribution in [0.2, 0.25) is 0 Å². The number of nitrogens with zero attached hydrogens (tertiary/aromatic N) is 1. The van der Waals surface area contributed by atoms with Crippen LogP contribution in [0.25, 0.3) is 0 Å². The van der Waals surface area contributed by atoms with Gasteiger partial charge in [0.25, 0.3) is 0 Å². The zero-order valence-electron chi connectivity index (χ0n) is 15.0. The van der Waals surface area contributed by atoms with Crippen LogP contribution in [0.1, 0.15) is 36.8 Å². The summed E-state index contributed by atoms with van der Waals surface area (Å²) in [6, 6.07) is 5.00. The third-order valence-electron chi connectivity index (χ3n) is 5.66. The van der Waals surface area contributed by atoms with Gasteiger partial charge in [0, 0.05) is 32.0 Å². The molecule has 1 saturated heterocycles. The van der Waals surface area contributed by atoms with Gasteiger partial charge >= 0.3 is 6.18 Å². The van der Waals surface area contributed by atoms with E-state index in [9.17, 15) is 22.8 Å². The van der Waals surface area contributed by atoms with Crippen LogP contribution in [0.4, 0.5) is 13.2 Å². The van der Waals surface area contributed by atoms with Crippen LogP contribution in [0, 0.1) is 11.3 Å². The van der Waals surface area contributed by atoms with Crippen molar-refractivity contribution in [3.05, 3.63) is 48.0 Å². The average molecular weight is 380 g/mol. The Kier molecular flexibility index (Phi) is 5.31. The van der Waals surface area contributed by atoms with E-state index >= 15 is 0 Å². The van der Waals surface area contributed by atoms with E-state index in [1.165, 1.54) is 6.07 Å². The Labute approximate surface area is 156 Å². The van der Waals surface area contributed by atoms with Gasteiger partial charge in [-0.2, -0.15) is 13.2 Å². The van der Waals surface area contributed by atoms with Crippen LogP contribution < -0.4 is 5.32 Å². The monoisotopic (exact) mass is 380 g/mol. The molecule has 0 aromatic heterocycles. The SMILES string of the molecule is C=CCC(=O)N1CCC2(CC1)CC2C(=O)NCc1cccc(C(F)(F)F)c1. The molecule has 4 nitrogen and oxygen atoms in total.